The standard InChI is InChI=1S/C14H10Br2O2/c15-10-7-11(14(18)12(16)8-10)13(17)6-9-4-2-1-3-5-9/h1-5,7-8,18H,6H2. The lowest BCUT2D eigenvalue weighted by Gasteiger charge is -2.06. The molecule has 2 nitrogen and oxygen atoms in total. The van der Waals surface area contributed by atoms with Crippen LogP contribution in [0.2, 0.25) is 0 Å². The van der Waals surface area contributed by atoms with Crippen molar-refractivity contribution in [1.29, 1.82) is 0 Å². The molecule has 0 unspecified atom stereocenters. The Kier molecular flexibility index (Phi) is 4.19. The first-order valence-corrected chi connectivity index (χ1v) is 6.91. The summed E-state index contributed by atoms with van der Waals surface area (Å²) < 4.78 is 1.26. The molecule has 0 saturated carbocycles. The van der Waals surface area contributed by atoms with Gasteiger partial charge in [-0.15, -0.1) is 0 Å². The van der Waals surface area contributed by atoms with Crippen LogP contribution < -0.4 is 0 Å². The van der Waals surface area contributed by atoms with Gasteiger partial charge in [0, 0.05) is 10.9 Å². The second kappa shape index (κ2) is 5.67. The molecule has 0 aliphatic carbocycles. The molecule has 0 bridgehead atoms. The molecule has 0 aliphatic heterocycles. The number of halogens is 2. The number of carbonyl (C=O) groups is 1. The second-order valence-corrected chi connectivity index (χ2v) is 5.64. The quantitative estimate of drug-likeness (QED) is 0.817. The summed E-state index contributed by atoms with van der Waals surface area (Å²) in [6.45, 7) is 0. The number of rotatable bonds is 3. The number of aromatic hydroxyl groups is 1. The highest BCUT2D eigenvalue weighted by Crippen LogP contribution is 2.32. The van der Waals surface area contributed by atoms with E-state index in [-0.39, 0.29) is 18.0 Å². The Balaban J connectivity index is 2.30. The zero-order chi connectivity index (χ0) is 13.1. The topological polar surface area (TPSA) is 37.3 Å². The summed E-state index contributed by atoms with van der Waals surface area (Å²) in [5.41, 5.74) is 1.25. The predicted molar refractivity (Wildman–Crippen MR) is 78.0 cm³/mol. The van der Waals surface area contributed by atoms with E-state index in [9.17, 15) is 9.90 Å². The van der Waals surface area contributed by atoms with E-state index in [1.807, 2.05) is 30.3 Å². The number of hydrogen-bond donors (Lipinski definition) is 1. The third-order valence-corrected chi connectivity index (χ3v) is 3.60. The van der Waals surface area contributed by atoms with Gasteiger partial charge in [-0.1, -0.05) is 46.3 Å². The fraction of sp³-hybridized carbons (Fsp3) is 0.0714. The molecule has 0 radical (unpaired) electrons. The Labute approximate surface area is 122 Å². The van der Waals surface area contributed by atoms with E-state index >= 15 is 0 Å². The van der Waals surface area contributed by atoms with E-state index in [1.165, 1.54) is 0 Å². The average Bonchev–Trinajstić information content (AvgIpc) is 2.35. The number of phenolic OH excluding ortho intramolecular Hbond substituents is 1. The van der Waals surface area contributed by atoms with Crippen molar-refractivity contribution in [2.24, 2.45) is 0 Å². The van der Waals surface area contributed by atoms with Gasteiger partial charge in [0.25, 0.3) is 0 Å². The van der Waals surface area contributed by atoms with Crippen molar-refractivity contribution in [3.05, 3.63) is 62.5 Å². The molecule has 92 valence electrons. The van der Waals surface area contributed by atoms with Crippen molar-refractivity contribution in [3.63, 3.8) is 0 Å². The van der Waals surface area contributed by atoms with Gasteiger partial charge < -0.3 is 5.11 Å². The smallest absolute Gasteiger partial charge is 0.171 e. The molecule has 2 rings (SSSR count). The van der Waals surface area contributed by atoms with E-state index in [0.29, 0.717) is 10.0 Å². The van der Waals surface area contributed by atoms with E-state index < -0.39 is 0 Å². The lowest BCUT2D eigenvalue weighted by atomic mass is 10.0. The molecule has 0 aliphatic rings. The van der Waals surface area contributed by atoms with Crippen LogP contribution in [0.25, 0.3) is 0 Å². The first-order chi connectivity index (χ1) is 8.58. The largest absolute Gasteiger partial charge is 0.506 e. The first kappa shape index (κ1) is 13.3. The molecule has 0 spiro atoms. The molecule has 18 heavy (non-hydrogen) atoms. The molecule has 0 heterocycles. The van der Waals surface area contributed by atoms with Gasteiger partial charge in [-0.3, -0.25) is 4.79 Å². The summed E-state index contributed by atoms with van der Waals surface area (Å²) in [5, 5.41) is 9.88. The number of Topliss-reactive ketones (excluding diaryl/α,β-unsaturated/α-hetero) is 1. The van der Waals surface area contributed by atoms with Gasteiger partial charge >= 0.3 is 0 Å². The van der Waals surface area contributed by atoms with Crippen LogP contribution in [0.4, 0.5) is 0 Å². The maximum atomic E-state index is 12.1. The minimum absolute atomic E-state index is 0.0147. The van der Waals surface area contributed by atoms with Crippen LogP contribution >= 0.6 is 31.9 Å². The molecular weight excluding hydrogens is 360 g/mol. The Bertz CT molecular complexity index is 580. The summed E-state index contributed by atoms with van der Waals surface area (Å²) in [6, 6.07) is 12.8. The lowest BCUT2D eigenvalue weighted by Crippen LogP contribution is -2.04. The molecule has 2 aromatic rings. The summed E-state index contributed by atoms with van der Waals surface area (Å²) in [7, 11) is 0. The number of carbonyl (C=O) groups excluding carboxylic acids is 1. The molecular formula is C14H10Br2O2. The zero-order valence-electron chi connectivity index (χ0n) is 9.36. The minimum Gasteiger partial charge on any atom is -0.506 e. The molecule has 2 aromatic carbocycles. The van der Waals surface area contributed by atoms with Crippen LogP contribution in [-0.4, -0.2) is 10.9 Å². The maximum absolute atomic E-state index is 12.1. The van der Waals surface area contributed by atoms with E-state index in [0.717, 1.165) is 10.0 Å². The zero-order valence-corrected chi connectivity index (χ0v) is 12.5. The fourth-order valence-electron chi connectivity index (χ4n) is 1.66. The van der Waals surface area contributed by atoms with Crippen LogP contribution in [0.5, 0.6) is 5.75 Å². The normalized spacial score (nSPS) is 10.3. The van der Waals surface area contributed by atoms with E-state index in [4.69, 9.17) is 0 Å². The highest BCUT2D eigenvalue weighted by molar-refractivity contribution is 9.11. The Morgan fingerprint density at radius 1 is 1.11 bits per heavy atom. The van der Waals surface area contributed by atoms with Crippen LogP contribution in [-0.2, 0) is 6.42 Å². The SMILES string of the molecule is O=C(Cc1ccccc1)c1cc(Br)cc(Br)c1O. The van der Waals surface area contributed by atoms with E-state index in [2.05, 4.69) is 31.9 Å². The van der Waals surface area contributed by atoms with Crippen LogP contribution in [0.15, 0.2) is 51.4 Å². The summed E-state index contributed by atoms with van der Waals surface area (Å²) >= 11 is 6.53. The molecule has 0 saturated heterocycles. The fourth-order valence-corrected chi connectivity index (χ4v) is 2.88. The van der Waals surface area contributed by atoms with Crippen molar-refractivity contribution >= 4 is 37.6 Å². The highest BCUT2D eigenvalue weighted by Gasteiger charge is 2.15. The monoisotopic (exact) mass is 368 g/mol. The van der Waals surface area contributed by atoms with Crippen molar-refractivity contribution in [3.8, 4) is 5.75 Å². The molecule has 0 aromatic heterocycles. The average molecular weight is 370 g/mol. The molecule has 0 atom stereocenters. The van der Waals surface area contributed by atoms with Gasteiger partial charge in [-0.25, -0.2) is 0 Å². The van der Waals surface area contributed by atoms with Gasteiger partial charge in [0.1, 0.15) is 5.75 Å². The van der Waals surface area contributed by atoms with Gasteiger partial charge in [-0.2, -0.15) is 0 Å². The number of phenols is 1. The summed E-state index contributed by atoms with van der Waals surface area (Å²) in [6.07, 6.45) is 0.275. The molecule has 0 amide bonds. The lowest BCUT2D eigenvalue weighted by molar-refractivity contribution is 0.0990. The van der Waals surface area contributed by atoms with Gasteiger partial charge in [0.15, 0.2) is 5.78 Å². The molecule has 4 heteroatoms. The van der Waals surface area contributed by atoms with Crippen molar-refractivity contribution in [1.82, 2.24) is 0 Å². The second-order valence-electron chi connectivity index (χ2n) is 3.87. The van der Waals surface area contributed by atoms with Crippen molar-refractivity contribution < 1.29 is 9.90 Å². The third kappa shape index (κ3) is 3.00. The Hall–Kier alpha value is -1.13. The first-order valence-electron chi connectivity index (χ1n) is 5.33. The summed E-state index contributed by atoms with van der Waals surface area (Å²) in [4.78, 5) is 12.1. The Morgan fingerprint density at radius 2 is 1.78 bits per heavy atom. The number of hydrogen-bond acceptors (Lipinski definition) is 2. The third-order valence-electron chi connectivity index (χ3n) is 2.54. The molecule has 0 fully saturated rings. The Morgan fingerprint density at radius 3 is 2.44 bits per heavy atom. The van der Waals surface area contributed by atoms with E-state index in [1.54, 1.807) is 12.1 Å². The van der Waals surface area contributed by atoms with Crippen molar-refractivity contribution in [2.45, 2.75) is 6.42 Å². The molecule has 1 N–H and O–H groups in total. The number of ketones is 1. The highest BCUT2D eigenvalue weighted by atomic mass is 79.9. The van der Waals surface area contributed by atoms with Gasteiger partial charge in [-0.05, 0) is 33.6 Å². The predicted octanol–water partition coefficient (Wildman–Crippen LogP) is 4.34. The van der Waals surface area contributed by atoms with Gasteiger partial charge in [0.2, 0.25) is 0 Å². The summed E-state index contributed by atoms with van der Waals surface area (Å²) in [5.74, 6) is -0.125. The van der Waals surface area contributed by atoms with Crippen LogP contribution in [0.1, 0.15) is 15.9 Å². The van der Waals surface area contributed by atoms with Crippen molar-refractivity contribution in [2.75, 3.05) is 0 Å². The van der Waals surface area contributed by atoms with Crippen LogP contribution in [0, 0.1) is 0 Å². The number of benzene rings is 2. The van der Waals surface area contributed by atoms with Crippen LogP contribution in [0.3, 0.4) is 0 Å². The maximum Gasteiger partial charge on any atom is 0.171 e. The van der Waals surface area contributed by atoms with Gasteiger partial charge in [0.05, 0.1) is 10.0 Å². The minimum atomic E-state index is -0.110.